The van der Waals surface area contributed by atoms with Crippen molar-refractivity contribution in [3.63, 3.8) is 0 Å². The Labute approximate surface area is 108 Å². The second-order valence-corrected chi connectivity index (χ2v) is 4.08. The molecular formula is C12H13ClF3NO. The van der Waals surface area contributed by atoms with Gasteiger partial charge < -0.3 is 5.32 Å². The summed E-state index contributed by atoms with van der Waals surface area (Å²) in [5.74, 6) is -0.0982. The van der Waals surface area contributed by atoms with Gasteiger partial charge in [0.1, 0.15) is 0 Å². The van der Waals surface area contributed by atoms with E-state index >= 15 is 0 Å². The smallest absolute Gasteiger partial charge is 0.352 e. The Kier molecular flexibility index (Phi) is 5.47. The molecule has 0 bridgehead atoms. The van der Waals surface area contributed by atoms with Crippen LogP contribution in [0, 0.1) is 0 Å². The van der Waals surface area contributed by atoms with E-state index in [1.807, 2.05) is 0 Å². The highest BCUT2D eigenvalue weighted by molar-refractivity contribution is 6.17. The van der Waals surface area contributed by atoms with E-state index in [1.165, 1.54) is 0 Å². The van der Waals surface area contributed by atoms with E-state index < -0.39 is 12.6 Å². The fourth-order valence-electron chi connectivity index (χ4n) is 1.39. The van der Waals surface area contributed by atoms with Crippen molar-refractivity contribution in [3.8, 4) is 0 Å². The lowest BCUT2D eigenvalue weighted by molar-refractivity contribution is -0.135. The number of benzene rings is 1. The van der Waals surface area contributed by atoms with Crippen LogP contribution in [0.25, 0.3) is 0 Å². The minimum Gasteiger partial charge on any atom is -0.352 e. The van der Waals surface area contributed by atoms with E-state index in [1.54, 1.807) is 24.3 Å². The average Bonchev–Trinajstić information content (AvgIpc) is 2.33. The van der Waals surface area contributed by atoms with Gasteiger partial charge in [0.15, 0.2) is 0 Å². The largest absolute Gasteiger partial charge is 0.389 e. The molecule has 0 fully saturated rings. The fraction of sp³-hybridized carbons (Fsp3) is 0.417. The molecular weight excluding hydrogens is 267 g/mol. The van der Waals surface area contributed by atoms with Crippen LogP contribution in [0.3, 0.4) is 0 Å². The Morgan fingerprint density at radius 2 is 2.06 bits per heavy atom. The second kappa shape index (κ2) is 6.64. The summed E-state index contributed by atoms with van der Waals surface area (Å²) in [5.41, 5.74) is 1.19. The van der Waals surface area contributed by atoms with Crippen molar-refractivity contribution in [2.24, 2.45) is 0 Å². The quantitative estimate of drug-likeness (QED) is 0.649. The third-order valence-corrected chi connectivity index (χ3v) is 2.57. The molecule has 0 saturated carbocycles. The molecule has 1 aromatic carbocycles. The normalized spacial score (nSPS) is 11.3. The summed E-state index contributed by atoms with van der Waals surface area (Å²) in [6.45, 7) is 0.00342. The lowest BCUT2D eigenvalue weighted by atomic mass is 10.1. The minimum atomic E-state index is -4.18. The van der Waals surface area contributed by atoms with E-state index in [0.29, 0.717) is 5.56 Å². The Hall–Kier alpha value is -1.23. The van der Waals surface area contributed by atoms with Crippen LogP contribution in [-0.2, 0) is 5.88 Å². The summed E-state index contributed by atoms with van der Waals surface area (Å²) in [4.78, 5) is 11.6. The maximum atomic E-state index is 11.9. The van der Waals surface area contributed by atoms with Gasteiger partial charge >= 0.3 is 6.18 Å². The van der Waals surface area contributed by atoms with Gasteiger partial charge in [-0.2, -0.15) is 13.2 Å². The van der Waals surface area contributed by atoms with Crippen LogP contribution >= 0.6 is 11.6 Å². The monoisotopic (exact) mass is 279 g/mol. The first-order valence-electron chi connectivity index (χ1n) is 5.42. The molecule has 2 nitrogen and oxygen atoms in total. The number of carbonyl (C=O) groups excluding carboxylic acids is 1. The van der Waals surface area contributed by atoms with Gasteiger partial charge in [-0.25, -0.2) is 0 Å². The first-order valence-corrected chi connectivity index (χ1v) is 5.95. The number of hydrogen-bond donors (Lipinski definition) is 1. The summed E-state index contributed by atoms with van der Waals surface area (Å²) in [7, 11) is 0. The van der Waals surface area contributed by atoms with Crippen LogP contribution in [0.4, 0.5) is 13.2 Å². The summed E-state index contributed by atoms with van der Waals surface area (Å²) in [6.07, 6.45) is -5.19. The van der Waals surface area contributed by atoms with Crippen molar-refractivity contribution >= 4 is 17.5 Å². The molecule has 1 N–H and O–H groups in total. The van der Waals surface area contributed by atoms with Gasteiger partial charge in [0, 0.05) is 24.4 Å². The summed E-state index contributed by atoms with van der Waals surface area (Å²) < 4.78 is 35.6. The van der Waals surface area contributed by atoms with Gasteiger partial charge in [-0.1, -0.05) is 12.1 Å². The first kappa shape index (κ1) is 14.8. The standard InChI is InChI=1S/C12H13ClF3NO/c13-8-9-3-1-4-10(7-9)11(18)17-6-2-5-12(14,15)16/h1,3-4,7H,2,5-6,8H2,(H,17,18). The molecule has 0 aromatic heterocycles. The first-order chi connectivity index (χ1) is 8.42. The van der Waals surface area contributed by atoms with Crippen molar-refractivity contribution < 1.29 is 18.0 Å². The Morgan fingerprint density at radius 1 is 1.33 bits per heavy atom. The zero-order valence-corrected chi connectivity index (χ0v) is 10.3. The van der Waals surface area contributed by atoms with Gasteiger partial charge in [-0.3, -0.25) is 4.79 Å². The summed E-state index contributed by atoms with van der Waals surface area (Å²) in [5, 5.41) is 2.44. The molecule has 0 aliphatic carbocycles. The van der Waals surface area contributed by atoms with E-state index in [-0.39, 0.29) is 24.8 Å². The maximum absolute atomic E-state index is 11.9. The Balaban J connectivity index is 2.41. The van der Waals surface area contributed by atoms with Crippen molar-refractivity contribution in [1.82, 2.24) is 5.32 Å². The van der Waals surface area contributed by atoms with Gasteiger partial charge in [0.25, 0.3) is 5.91 Å². The molecule has 0 aliphatic rings. The van der Waals surface area contributed by atoms with Crippen LogP contribution in [0.2, 0.25) is 0 Å². The third-order valence-electron chi connectivity index (χ3n) is 2.27. The lowest BCUT2D eigenvalue weighted by Crippen LogP contribution is -2.25. The molecule has 0 aliphatic heterocycles. The highest BCUT2D eigenvalue weighted by Crippen LogP contribution is 2.20. The molecule has 100 valence electrons. The van der Waals surface area contributed by atoms with Crippen molar-refractivity contribution in [1.29, 1.82) is 0 Å². The van der Waals surface area contributed by atoms with E-state index in [2.05, 4.69) is 5.32 Å². The van der Waals surface area contributed by atoms with Crippen LogP contribution in [-0.4, -0.2) is 18.6 Å². The van der Waals surface area contributed by atoms with Crippen molar-refractivity contribution in [2.75, 3.05) is 6.54 Å². The number of amides is 1. The van der Waals surface area contributed by atoms with Crippen LogP contribution in [0.15, 0.2) is 24.3 Å². The van der Waals surface area contributed by atoms with Crippen LogP contribution in [0.1, 0.15) is 28.8 Å². The number of carbonyl (C=O) groups is 1. The zero-order valence-electron chi connectivity index (χ0n) is 9.56. The van der Waals surface area contributed by atoms with E-state index in [9.17, 15) is 18.0 Å². The highest BCUT2D eigenvalue weighted by Gasteiger charge is 2.25. The summed E-state index contributed by atoms with van der Waals surface area (Å²) >= 11 is 5.62. The number of halogens is 4. The zero-order chi connectivity index (χ0) is 13.6. The molecule has 0 radical (unpaired) electrons. The number of alkyl halides is 4. The predicted octanol–water partition coefficient (Wildman–Crippen LogP) is 3.50. The number of nitrogens with one attached hydrogen (secondary N) is 1. The molecule has 0 saturated heterocycles. The fourth-order valence-corrected chi connectivity index (χ4v) is 1.55. The van der Waals surface area contributed by atoms with Crippen LogP contribution in [0.5, 0.6) is 0 Å². The molecule has 1 aromatic rings. The van der Waals surface area contributed by atoms with Crippen molar-refractivity contribution in [3.05, 3.63) is 35.4 Å². The molecule has 6 heteroatoms. The topological polar surface area (TPSA) is 29.1 Å². The molecule has 0 atom stereocenters. The van der Waals surface area contributed by atoms with E-state index in [4.69, 9.17) is 11.6 Å². The highest BCUT2D eigenvalue weighted by atomic mass is 35.5. The molecule has 0 spiro atoms. The predicted molar refractivity (Wildman–Crippen MR) is 63.6 cm³/mol. The Morgan fingerprint density at radius 3 is 2.67 bits per heavy atom. The second-order valence-electron chi connectivity index (χ2n) is 3.81. The molecule has 0 unspecified atom stereocenters. The number of hydrogen-bond acceptors (Lipinski definition) is 1. The average molecular weight is 280 g/mol. The lowest BCUT2D eigenvalue weighted by Gasteiger charge is -2.08. The number of rotatable bonds is 5. The SMILES string of the molecule is O=C(NCCCC(F)(F)F)c1cccc(CCl)c1. The van der Waals surface area contributed by atoms with Gasteiger partial charge in [0.2, 0.25) is 0 Å². The van der Waals surface area contributed by atoms with Crippen LogP contribution < -0.4 is 5.32 Å². The Bertz CT molecular complexity index is 407. The van der Waals surface area contributed by atoms with Gasteiger partial charge in [-0.15, -0.1) is 11.6 Å². The van der Waals surface area contributed by atoms with Crippen molar-refractivity contribution in [2.45, 2.75) is 24.9 Å². The molecule has 1 amide bonds. The van der Waals surface area contributed by atoms with Gasteiger partial charge in [0.05, 0.1) is 0 Å². The third kappa shape index (κ3) is 5.40. The molecule has 0 heterocycles. The van der Waals surface area contributed by atoms with E-state index in [0.717, 1.165) is 5.56 Å². The summed E-state index contributed by atoms with van der Waals surface area (Å²) in [6, 6.07) is 6.66. The molecule has 18 heavy (non-hydrogen) atoms. The maximum Gasteiger partial charge on any atom is 0.389 e. The minimum absolute atomic E-state index is 0.00342. The van der Waals surface area contributed by atoms with Gasteiger partial charge in [-0.05, 0) is 24.1 Å². The molecule has 1 rings (SSSR count).